The van der Waals surface area contributed by atoms with E-state index in [1.54, 1.807) is 18.3 Å². The molecule has 0 aliphatic rings. The van der Waals surface area contributed by atoms with Gasteiger partial charge in [0.15, 0.2) is 0 Å². The average Bonchev–Trinajstić information content (AvgIpc) is 2.62. The zero-order chi connectivity index (χ0) is 21.6. The van der Waals surface area contributed by atoms with Crippen LogP contribution in [0.5, 0.6) is 5.75 Å². The summed E-state index contributed by atoms with van der Waals surface area (Å²) in [7, 11) is 0. The minimum atomic E-state index is -4.75. The molecule has 2 rings (SSSR count). The fourth-order valence-electron chi connectivity index (χ4n) is 2.62. The molecule has 29 heavy (non-hydrogen) atoms. The number of halogens is 3. The summed E-state index contributed by atoms with van der Waals surface area (Å²) in [6.45, 7) is 5.47. The second-order valence-electron chi connectivity index (χ2n) is 7.04. The van der Waals surface area contributed by atoms with Gasteiger partial charge in [-0.3, -0.25) is 14.6 Å². The Hall–Kier alpha value is -2.90. The average molecular weight is 408 g/mol. The lowest BCUT2D eigenvalue weighted by molar-refractivity contribution is -0.274. The molecule has 0 aliphatic heterocycles. The number of amides is 1. The van der Waals surface area contributed by atoms with Gasteiger partial charge in [-0.15, -0.1) is 13.2 Å². The zero-order valence-corrected chi connectivity index (χ0v) is 16.4. The molecule has 5 nitrogen and oxygen atoms in total. The number of nitrogens with one attached hydrogen (secondary N) is 1. The molecule has 1 atom stereocenters. The number of Topliss-reactive ketones (excluding diaryl/α,β-unsaturated/α-hetero) is 1. The Labute approximate surface area is 167 Å². The van der Waals surface area contributed by atoms with Crippen molar-refractivity contribution in [1.82, 2.24) is 10.3 Å². The molecule has 0 saturated carbocycles. The third-order valence-corrected chi connectivity index (χ3v) is 4.24. The molecule has 1 N–H and O–H groups in total. The van der Waals surface area contributed by atoms with Gasteiger partial charge in [0, 0.05) is 24.2 Å². The quantitative estimate of drug-likeness (QED) is 0.712. The van der Waals surface area contributed by atoms with Crippen molar-refractivity contribution in [2.75, 3.05) is 0 Å². The third-order valence-electron chi connectivity index (χ3n) is 4.24. The fraction of sp³-hybridized carbons (Fsp3) is 0.381. The van der Waals surface area contributed by atoms with Gasteiger partial charge in [0.2, 0.25) is 5.91 Å². The second kappa shape index (κ2) is 9.54. The normalized spacial score (nSPS) is 12.5. The predicted octanol–water partition coefficient (Wildman–Crippen LogP) is 4.17. The minimum absolute atomic E-state index is 0.0143. The van der Waals surface area contributed by atoms with Crippen molar-refractivity contribution >= 4 is 11.7 Å². The maximum Gasteiger partial charge on any atom is 0.573 e. The van der Waals surface area contributed by atoms with Gasteiger partial charge in [0.1, 0.15) is 11.5 Å². The van der Waals surface area contributed by atoms with Gasteiger partial charge in [-0.25, -0.2) is 0 Å². The van der Waals surface area contributed by atoms with Crippen LogP contribution in [0.15, 0.2) is 42.6 Å². The van der Waals surface area contributed by atoms with E-state index in [0.717, 1.165) is 5.56 Å². The fourth-order valence-corrected chi connectivity index (χ4v) is 2.62. The van der Waals surface area contributed by atoms with Crippen LogP contribution in [0.2, 0.25) is 0 Å². The standard InChI is InChI=1S/C21H23F3N2O3/c1-13(2)19(27)12-17-11-16(8-9-25-17)14(3)26-20(28)10-15-4-6-18(7-5-15)29-21(22,23)24/h4-9,11,13-14H,10,12H2,1-3H3,(H,26,28). The van der Waals surface area contributed by atoms with Gasteiger partial charge >= 0.3 is 6.36 Å². The summed E-state index contributed by atoms with van der Waals surface area (Å²) in [5.41, 5.74) is 2.01. The van der Waals surface area contributed by atoms with Gasteiger partial charge in [-0.05, 0) is 42.3 Å². The van der Waals surface area contributed by atoms with E-state index >= 15 is 0 Å². The first-order valence-electron chi connectivity index (χ1n) is 9.15. The first-order chi connectivity index (χ1) is 13.5. The van der Waals surface area contributed by atoms with Crippen LogP contribution in [0.25, 0.3) is 0 Å². The number of rotatable bonds is 8. The van der Waals surface area contributed by atoms with Crippen LogP contribution in [0, 0.1) is 5.92 Å². The number of carbonyl (C=O) groups excluding carboxylic acids is 2. The summed E-state index contributed by atoms with van der Waals surface area (Å²) < 4.78 is 40.4. The molecule has 1 aromatic carbocycles. The molecule has 0 saturated heterocycles. The molecule has 1 aromatic heterocycles. The van der Waals surface area contributed by atoms with Crippen LogP contribution >= 0.6 is 0 Å². The Morgan fingerprint density at radius 3 is 2.31 bits per heavy atom. The predicted molar refractivity (Wildman–Crippen MR) is 101 cm³/mol. The number of ether oxygens (including phenoxy) is 1. The van der Waals surface area contributed by atoms with Crippen molar-refractivity contribution < 1.29 is 27.5 Å². The minimum Gasteiger partial charge on any atom is -0.406 e. The number of pyridine rings is 1. The molecule has 0 fully saturated rings. The van der Waals surface area contributed by atoms with Crippen LogP contribution < -0.4 is 10.1 Å². The molecular weight excluding hydrogens is 385 g/mol. The Bertz CT molecular complexity index is 849. The lowest BCUT2D eigenvalue weighted by Gasteiger charge is -2.15. The van der Waals surface area contributed by atoms with Crippen molar-refractivity contribution in [3.05, 3.63) is 59.4 Å². The topological polar surface area (TPSA) is 68.3 Å². The molecule has 0 spiro atoms. The number of nitrogens with zero attached hydrogens (tertiary/aromatic N) is 1. The monoisotopic (exact) mass is 408 g/mol. The van der Waals surface area contributed by atoms with Crippen molar-refractivity contribution in [3.63, 3.8) is 0 Å². The van der Waals surface area contributed by atoms with Gasteiger partial charge in [-0.2, -0.15) is 0 Å². The van der Waals surface area contributed by atoms with Crippen molar-refractivity contribution in [1.29, 1.82) is 0 Å². The third kappa shape index (κ3) is 7.56. The maximum atomic E-state index is 12.3. The van der Waals surface area contributed by atoms with E-state index in [1.165, 1.54) is 24.3 Å². The summed E-state index contributed by atoms with van der Waals surface area (Å²) in [6.07, 6.45) is -2.91. The van der Waals surface area contributed by atoms with Gasteiger partial charge in [0.25, 0.3) is 0 Å². The summed E-state index contributed by atoms with van der Waals surface area (Å²) in [6, 6.07) is 8.39. The molecule has 0 radical (unpaired) electrons. The second-order valence-corrected chi connectivity index (χ2v) is 7.04. The van der Waals surface area contributed by atoms with E-state index < -0.39 is 6.36 Å². The van der Waals surface area contributed by atoms with E-state index in [2.05, 4.69) is 15.0 Å². The van der Waals surface area contributed by atoms with Crippen LogP contribution in [0.4, 0.5) is 13.2 Å². The molecule has 1 amide bonds. The van der Waals surface area contributed by atoms with E-state index in [0.29, 0.717) is 11.3 Å². The highest BCUT2D eigenvalue weighted by molar-refractivity contribution is 5.82. The SMILES string of the molecule is CC(C)C(=O)Cc1cc(C(C)NC(=O)Cc2ccc(OC(F)(F)F)cc2)ccn1. The van der Waals surface area contributed by atoms with E-state index in [9.17, 15) is 22.8 Å². The first-order valence-corrected chi connectivity index (χ1v) is 9.15. The van der Waals surface area contributed by atoms with Crippen LogP contribution in [0.1, 0.15) is 43.6 Å². The maximum absolute atomic E-state index is 12.3. The lowest BCUT2D eigenvalue weighted by Crippen LogP contribution is -2.28. The number of aromatic nitrogens is 1. The van der Waals surface area contributed by atoms with Crippen molar-refractivity contribution in [3.8, 4) is 5.75 Å². The number of benzene rings is 1. The van der Waals surface area contributed by atoms with Crippen LogP contribution in [0.3, 0.4) is 0 Å². The molecule has 2 aromatic rings. The Morgan fingerprint density at radius 1 is 1.07 bits per heavy atom. The molecule has 0 aliphatic carbocycles. The smallest absolute Gasteiger partial charge is 0.406 e. The van der Waals surface area contributed by atoms with Gasteiger partial charge < -0.3 is 10.1 Å². The highest BCUT2D eigenvalue weighted by Crippen LogP contribution is 2.23. The number of hydrogen-bond acceptors (Lipinski definition) is 4. The van der Waals surface area contributed by atoms with Gasteiger partial charge in [-0.1, -0.05) is 26.0 Å². The largest absolute Gasteiger partial charge is 0.573 e. The highest BCUT2D eigenvalue weighted by Gasteiger charge is 2.31. The van der Waals surface area contributed by atoms with Crippen LogP contribution in [-0.4, -0.2) is 23.0 Å². The number of ketones is 1. The van der Waals surface area contributed by atoms with E-state index in [-0.39, 0.29) is 42.2 Å². The molecular formula is C21H23F3N2O3. The van der Waals surface area contributed by atoms with Crippen LogP contribution in [-0.2, 0) is 22.4 Å². The highest BCUT2D eigenvalue weighted by atomic mass is 19.4. The Balaban J connectivity index is 1.94. The summed E-state index contributed by atoms with van der Waals surface area (Å²) in [5, 5.41) is 2.84. The lowest BCUT2D eigenvalue weighted by atomic mass is 10.0. The summed E-state index contributed by atoms with van der Waals surface area (Å²) >= 11 is 0. The molecule has 156 valence electrons. The molecule has 1 heterocycles. The zero-order valence-electron chi connectivity index (χ0n) is 16.4. The summed E-state index contributed by atoms with van der Waals surface area (Å²) in [5.74, 6) is -0.608. The molecule has 8 heteroatoms. The Morgan fingerprint density at radius 2 is 1.72 bits per heavy atom. The van der Waals surface area contributed by atoms with Gasteiger partial charge in [0.05, 0.1) is 12.5 Å². The molecule has 1 unspecified atom stereocenters. The number of alkyl halides is 3. The van der Waals surface area contributed by atoms with Crippen molar-refractivity contribution in [2.24, 2.45) is 5.92 Å². The number of hydrogen-bond donors (Lipinski definition) is 1. The first kappa shape index (κ1) is 22.4. The Kier molecular flexibility index (Phi) is 7.36. The van der Waals surface area contributed by atoms with E-state index in [4.69, 9.17) is 0 Å². The molecule has 0 bridgehead atoms. The number of carbonyl (C=O) groups is 2. The van der Waals surface area contributed by atoms with E-state index in [1.807, 2.05) is 20.8 Å². The van der Waals surface area contributed by atoms with Crippen molar-refractivity contribution in [2.45, 2.75) is 46.0 Å². The summed E-state index contributed by atoms with van der Waals surface area (Å²) in [4.78, 5) is 28.4.